The summed E-state index contributed by atoms with van der Waals surface area (Å²) in [7, 11) is 3.38. The minimum Gasteiger partial charge on any atom is -0.354 e. The van der Waals surface area contributed by atoms with Crippen molar-refractivity contribution in [3.05, 3.63) is 0 Å². The molecule has 0 bridgehead atoms. The van der Waals surface area contributed by atoms with Crippen LogP contribution in [0.5, 0.6) is 0 Å². The second-order valence-corrected chi connectivity index (χ2v) is 5.26. The van der Waals surface area contributed by atoms with E-state index in [-0.39, 0.29) is 12.3 Å². The van der Waals surface area contributed by atoms with E-state index in [4.69, 9.17) is 9.47 Å². The monoisotopic (exact) mass is 229 g/mol. The Morgan fingerprint density at radius 2 is 1.69 bits per heavy atom. The normalized spacial score (nSPS) is 33.0. The molecule has 0 amide bonds. The Labute approximate surface area is 99.9 Å². The van der Waals surface area contributed by atoms with E-state index in [1.807, 2.05) is 0 Å². The molecule has 0 saturated heterocycles. The molecule has 16 heavy (non-hydrogen) atoms. The minimum absolute atomic E-state index is 0.144. The van der Waals surface area contributed by atoms with E-state index in [0.717, 1.165) is 11.8 Å². The highest BCUT2D eigenvalue weighted by Crippen LogP contribution is 2.29. The van der Waals surface area contributed by atoms with E-state index < -0.39 is 0 Å². The van der Waals surface area contributed by atoms with Gasteiger partial charge in [0.05, 0.1) is 6.04 Å². The third-order valence-corrected chi connectivity index (χ3v) is 3.97. The molecular weight excluding hydrogens is 202 g/mol. The van der Waals surface area contributed by atoms with Crippen molar-refractivity contribution in [2.24, 2.45) is 11.8 Å². The van der Waals surface area contributed by atoms with Gasteiger partial charge in [-0.2, -0.15) is 0 Å². The molecule has 1 aliphatic rings. The predicted molar refractivity (Wildman–Crippen MR) is 66.4 cm³/mol. The van der Waals surface area contributed by atoms with Crippen LogP contribution in [0, 0.1) is 11.8 Å². The van der Waals surface area contributed by atoms with E-state index >= 15 is 0 Å². The summed E-state index contributed by atoms with van der Waals surface area (Å²) in [5.74, 6) is 1.69. The first-order valence-corrected chi connectivity index (χ1v) is 6.40. The fourth-order valence-corrected chi connectivity index (χ4v) is 2.65. The smallest absolute Gasteiger partial charge is 0.171 e. The topological polar surface area (TPSA) is 30.5 Å². The zero-order valence-electron chi connectivity index (χ0n) is 11.3. The van der Waals surface area contributed by atoms with Crippen LogP contribution in [0.15, 0.2) is 0 Å². The van der Waals surface area contributed by atoms with Gasteiger partial charge in [0.2, 0.25) is 0 Å². The molecule has 0 aromatic rings. The third kappa shape index (κ3) is 3.72. The predicted octanol–water partition coefficient (Wildman–Crippen LogP) is 2.41. The molecule has 3 nitrogen and oxygen atoms in total. The summed E-state index contributed by atoms with van der Waals surface area (Å²) in [4.78, 5) is 0. The molecule has 0 aromatic heterocycles. The van der Waals surface area contributed by atoms with Crippen molar-refractivity contribution in [1.29, 1.82) is 0 Å². The molecule has 0 heterocycles. The van der Waals surface area contributed by atoms with Crippen LogP contribution in [0.3, 0.4) is 0 Å². The Bertz CT molecular complexity index is 194. The summed E-state index contributed by atoms with van der Waals surface area (Å²) in [5.41, 5.74) is 0. The van der Waals surface area contributed by atoms with Gasteiger partial charge in [-0.25, -0.2) is 0 Å². The molecule has 0 aromatic carbocycles. The third-order valence-electron chi connectivity index (χ3n) is 3.97. The summed E-state index contributed by atoms with van der Waals surface area (Å²) in [5, 5.41) is 3.62. The Balaban J connectivity index is 2.36. The van der Waals surface area contributed by atoms with E-state index in [0.29, 0.717) is 6.04 Å². The van der Waals surface area contributed by atoms with Crippen molar-refractivity contribution < 1.29 is 9.47 Å². The van der Waals surface area contributed by atoms with Gasteiger partial charge < -0.3 is 14.8 Å². The molecule has 1 fully saturated rings. The molecule has 3 heteroatoms. The summed E-state index contributed by atoms with van der Waals surface area (Å²) in [6, 6.07) is 0.870. The highest BCUT2D eigenvalue weighted by atomic mass is 16.7. The molecular formula is C13H27NO2. The molecule has 1 rings (SSSR count). The average Bonchev–Trinajstić information content (AvgIpc) is 2.25. The van der Waals surface area contributed by atoms with Gasteiger partial charge >= 0.3 is 0 Å². The van der Waals surface area contributed by atoms with Crippen molar-refractivity contribution in [3.63, 3.8) is 0 Å². The van der Waals surface area contributed by atoms with Gasteiger partial charge in [-0.3, -0.25) is 0 Å². The zero-order chi connectivity index (χ0) is 12.1. The van der Waals surface area contributed by atoms with E-state index in [1.54, 1.807) is 14.2 Å². The summed E-state index contributed by atoms with van der Waals surface area (Å²) in [6.45, 7) is 6.84. The van der Waals surface area contributed by atoms with Crippen LogP contribution in [-0.2, 0) is 9.47 Å². The maximum absolute atomic E-state index is 5.27. The van der Waals surface area contributed by atoms with Crippen LogP contribution in [0.4, 0.5) is 0 Å². The number of ether oxygens (including phenoxy) is 2. The lowest BCUT2D eigenvalue weighted by atomic mass is 9.79. The Kier molecular flexibility index (Phi) is 5.73. The molecule has 1 N–H and O–H groups in total. The molecule has 4 atom stereocenters. The number of hydrogen-bond donors (Lipinski definition) is 1. The fourth-order valence-electron chi connectivity index (χ4n) is 2.65. The second kappa shape index (κ2) is 6.58. The highest BCUT2D eigenvalue weighted by molar-refractivity contribution is 4.82. The zero-order valence-corrected chi connectivity index (χ0v) is 11.3. The van der Waals surface area contributed by atoms with E-state index in [9.17, 15) is 0 Å². The lowest BCUT2D eigenvalue weighted by molar-refractivity contribution is -0.121. The standard InChI is InChI=1S/C13H27NO2/c1-9-6-7-12(8-10(9)2)14-11(3)13(15-4)16-5/h9-14H,6-8H2,1-5H3. The fraction of sp³-hybridized carbons (Fsp3) is 1.00. The highest BCUT2D eigenvalue weighted by Gasteiger charge is 2.27. The molecule has 1 saturated carbocycles. The molecule has 0 aliphatic heterocycles. The first kappa shape index (κ1) is 13.9. The quantitative estimate of drug-likeness (QED) is 0.734. The molecule has 1 aliphatic carbocycles. The summed E-state index contributed by atoms with van der Waals surface area (Å²) < 4.78 is 10.5. The number of rotatable bonds is 5. The van der Waals surface area contributed by atoms with Gasteiger partial charge in [0.15, 0.2) is 6.29 Å². The van der Waals surface area contributed by atoms with Gasteiger partial charge in [-0.15, -0.1) is 0 Å². The Morgan fingerprint density at radius 3 is 2.19 bits per heavy atom. The van der Waals surface area contributed by atoms with Crippen LogP contribution in [0.2, 0.25) is 0 Å². The maximum atomic E-state index is 5.27. The first-order valence-electron chi connectivity index (χ1n) is 6.40. The average molecular weight is 229 g/mol. The van der Waals surface area contributed by atoms with Crippen molar-refractivity contribution in [3.8, 4) is 0 Å². The number of hydrogen-bond acceptors (Lipinski definition) is 3. The maximum Gasteiger partial charge on any atom is 0.171 e. The number of methoxy groups -OCH3 is 2. The van der Waals surface area contributed by atoms with Crippen molar-refractivity contribution in [2.45, 2.75) is 58.4 Å². The SMILES string of the molecule is COC(OC)C(C)NC1CCC(C)C(C)C1. The molecule has 0 radical (unpaired) electrons. The molecule has 4 unspecified atom stereocenters. The van der Waals surface area contributed by atoms with Crippen LogP contribution < -0.4 is 5.32 Å². The van der Waals surface area contributed by atoms with Gasteiger partial charge in [0.1, 0.15) is 0 Å². The van der Waals surface area contributed by atoms with Gasteiger partial charge in [-0.05, 0) is 38.0 Å². The van der Waals surface area contributed by atoms with Crippen LogP contribution >= 0.6 is 0 Å². The molecule has 96 valence electrons. The Morgan fingerprint density at radius 1 is 1.06 bits per heavy atom. The number of nitrogens with one attached hydrogen (secondary N) is 1. The summed E-state index contributed by atoms with van der Waals surface area (Å²) >= 11 is 0. The summed E-state index contributed by atoms with van der Waals surface area (Å²) in [6.07, 6.45) is 3.73. The van der Waals surface area contributed by atoms with Crippen LogP contribution in [-0.4, -0.2) is 32.6 Å². The van der Waals surface area contributed by atoms with Crippen LogP contribution in [0.1, 0.15) is 40.0 Å². The lowest BCUT2D eigenvalue weighted by Crippen LogP contribution is -2.47. The van der Waals surface area contributed by atoms with Gasteiger partial charge in [0, 0.05) is 20.3 Å². The minimum atomic E-state index is -0.144. The lowest BCUT2D eigenvalue weighted by Gasteiger charge is -2.35. The van der Waals surface area contributed by atoms with Gasteiger partial charge in [-0.1, -0.05) is 13.8 Å². The largest absolute Gasteiger partial charge is 0.354 e. The van der Waals surface area contributed by atoms with E-state index in [2.05, 4.69) is 26.1 Å². The van der Waals surface area contributed by atoms with Gasteiger partial charge in [0.25, 0.3) is 0 Å². The van der Waals surface area contributed by atoms with Crippen molar-refractivity contribution in [1.82, 2.24) is 5.32 Å². The van der Waals surface area contributed by atoms with Crippen LogP contribution in [0.25, 0.3) is 0 Å². The van der Waals surface area contributed by atoms with Crippen molar-refractivity contribution in [2.75, 3.05) is 14.2 Å². The van der Waals surface area contributed by atoms with Crippen molar-refractivity contribution >= 4 is 0 Å². The Hall–Kier alpha value is -0.120. The van der Waals surface area contributed by atoms with E-state index in [1.165, 1.54) is 19.3 Å². The first-order chi connectivity index (χ1) is 7.58. The second-order valence-electron chi connectivity index (χ2n) is 5.26. The molecule has 0 spiro atoms.